The predicted molar refractivity (Wildman–Crippen MR) is 80.5 cm³/mol. The van der Waals surface area contributed by atoms with Crippen LogP contribution in [0.25, 0.3) is 0 Å². The van der Waals surface area contributed by atoms with Crippen LogP contribution in [0.1, 0.15) is 45.3 Å². The molecule has 0 aromatic carbocycles. The maximum absolute atomic E-state index is 12.7. The largest absolute Gasteiger partial charge is 0.598 e. The highest BCUT2D eigenvalue weighted by Gasteiger charge is 2.50. The Hall–Kier alpha value is -0.560. The second-order valence-electron chi connectivity index (χ2n) is 6.90. The Morgan fingerprint density at radius 1 is 1.55 bits per heavy atom. The van der Waals surface area contributed by atoms with Crippen molar-refractivity contribution in [3.8, 4) is 0 Å². The van der Waals surface area contributed by atoms with Crippen LogP contribution < -0.4 is 10.0 Å². The highest BCUT2D eigenvalue weighted by Crippen LogP contribution is 2.48. The minimum Gasteiger partial charge on any atom is -0.598 e. The quantitative estimate of drug-likeness (QED) is 0.809. The van der Waals surface area contributed by atoms with Crippen molar-refractivity contribution in [2.45, 2.75) is 50.9 Å². The normalized spacial score (nSPS) is 27.6. The molecule has 1 saturated heterocycles. The summed E-state index contributed by atoms with van der Waals surface area (Å²) in [7, 11) is 0. The molecule has 0 saturated carbocycles. The first-order valence-electron chi connectivity index (χ1n) is 7.72. The molecule has 1 spiro atoms. The summed E-state index contributed by atoms with van der Waals surface area (Å²) in [5, 5.41) is 7.78. The molecule has 20 heavy (non-hydrogen) atoms. The molecular formula is C14H24N4OS. The molecule has 6 heteroatoms. The first kappa shape index (κ1) is 13.1. The van der Waals surface area contributed by atoms with Crippen molar-refractivity contribution in [2.24, 2.45) is 5.41 Å². The van der Waals surface area contributed by atoms with E-state index >= 15 is 0 Å². The van der Waals surface area contributed by atoms with Crippen LogP contribution in [0.3, 0.4) is 0 Å². The fourth-order valence-electron chi connectivity index (χ4n) is 3.18. The number of aromatic nitrogens is 2. The Balaban J connectivity index is 1.95. The van der Waals surface area contributed by atoms with E-state index in [1.165, 1.54) is 4.72 Å². The number of fused-ring (bicyclic) bond motifs is 1. The third-order valence-corrected chi connectivity index (χ3v) is 5.85. The molecule has 0 radical (unpaired) electrons. The van der Waals surface area contributed by atoms with Gasteiger partial charge in [-0.05, 0) is 52.8 Å². The summed E-state index contributed by atoms with van der Waals surface area (Å²) in [6, 6.07) is 1.84. The summed E-state index contributed by atoms with van der Waals surface area (Å²) in [6.07, 6.45) is 3.78. The second kappa shape index (κ2) is 5.02. The van der Waals surface area contributed by atoms with Crippen molar-refractivity contribution in [1.29, 1.82) is 0 Å². The lowest BCUT2D eigenvalue weighted by atomic mass is 9.74. The molecule has 2 atom stereocenters. The average molecular weight is 297 g/mol. The number of hydrogen-bond acceptors (Lipinski definition) is 4. The fourth-order valence-corrected chi connectivity index (χ4v) is 4.02. The molecule has 1 aromatic rings. The van der Waals surface area contributed by atoms with Crippen molar-refractivity contribution in [3.05, 3.63) is 18.0 Å². The van der Waals surface area contributed by atoms with E-state index in [0.29, 0.717) is 0 Å². The van der Waals surface area contributed by atoms with Crippen LogP contribution in [0.4, 0.5) is 0 Å². The topological polar surface area (TPSA) is 64.9 Å². The highest BCUT2D eigenvalue weighted by molar-refractivity contribution is 7.90. The monoisotopic (exact) mass is 297 g/mol. The van der Waals surface area contributed by atoms with E-state index in [-0.39, 0.29) is 11.5 Å². The number of piperidine rings is 1. The summed E-state index contributed by atoms with van der Waals surface area (Å²) in [6.45, 7) is 8.51. The van der Waals surface area contributed by atoms with Crippen LogP contribution in [-0.2, 0) is 17.9 Å². The van der Waals surface area contributed by atoms with Crippen molar-refractivity contribution in [1.82, 2.24) is 19.8 Å². The summed E-state index contributed by atoms with van der Waals surface area (Å²) in [5.74, 6) is 0. The van der Waals surface area contributed by atoms with Crippen LogP contribution in [-0.4, -0.2) is 32.2 Å². The van der Waals surface area contributed by atoms with Gasteiger partial charge in [0.05, 0.1) is 5.69 Å². The van der Waals surface area contributed by atoms with Gasteiger partial charge in [0.1, 0.15) is 10.8 Å². The van der Waals surface area contributed by atoms with E-state index in [9.17, 15) is 4.55 Å². The zero-order chi connectivity index (χ0) is 15.3. The molecule has 1 aromatic heterocycles. The summed E-state index contributed by atoms with van der Waals surface area (Å²) < 4.78 is 24.2. The third-order valence-electron chi connectivity index (χ3n) is 4.40. The number of rotatable bonds is 2. The number of nitrogens with zero attached hydrogens (tertiary/aromatic N) is 2. The third kappa shape index (κ3) is 2.39. The van der Waals surface area contributed by atoms with Gasteiger partial charge in [-0.25, -0.2) is 0 Å². The molecule has 3 heterocycles. The lowest BCUT2D eigenvalue weighted by molar-refractivity contribution is 0.149. The van der Waals surface area contributed by atoms with E-state index in [1.54, 1.807) is 6.20 Å². The Labute approximate surface area is 125 Å². The van der Waals surface area contributed by atoms with E-state index in [2.05, 4.69) is 10.4 Å². The van der Waals surface area contributed by atoms with Crippen LogP contribution in [0.15, 0.2) is 12.3 Å². The average Bonchev–Trinajstić information content (AvgIpc) is 2.95. The Bertz CT molecular complexity index is 509. The Morgan fingerprint density at radius 3 is 2.90 bits per heavy atom. The van der Waals surface area contributed by atoms with Crippen molar-refractivity contribution in [3.63, 3.8) is 0 Å². The molecule has 2 aliphatic rings. The minimum absolute atomic E-state index is 0.0164. The standard InChI is InChI=1S/C14H24N4OS/c1-13(2,3)20(19)17-12-11-4-7-16-18(11)10-14(12)5-8-15-9-6-14/h4,7,12,15,17H,5-6,8-10H2,1-3H3/t12-,20?/m1/s1/i/hD. The van der Waals surface area contributed by atoms with E-state index in [1.807, 2.05) is 31.5 Å². The fraction of sp³-hybridized carbons (Fsp3) is 0.786. The van der Waals surface area contributed by atoms with Crippen molar-refractivity contribution in [2.75, 3.05) is 13.1 Å². The summed E-state index contributed by atoms with van der Waals surface area (Å²) >= 11 is -1.35. The Morgan fingerprint density at radius 2 is 2.25 bits per heavy atom. The van der Waals surface area contributed by atoms with Gasteiger partial charge in [0.25, 0.3) is 0 Å². The molecule has 2 aliphatic heterocycles. The first-order valence-corrected chi connectivity index (χ1v) is 8.38. The zero-order valence-corrected chi connectivity index (χ0v) is 13.2. The van der Waals surface area contributed by atoms with Gasteiger partial charge in [-0.3, -0.25) is 4.68 Å². The summed E-state index contributed by atoms with van der Waals surface area (Å²) in [4.78, 5) is 0. The predicted octanol–water partition coefficient (Wildman–Crippen LogP) is 1.36. The molecule has 1 fully saturated rings. The van der Waals surface area contributed by atoms with Crippen LogP contribution >= 0.6 is 0 Å². The second-order valence-corrected chi connectivity index (χ2v) is 8.83. The molecule has 0 amide bonds. The molecule has 0 aliphatic carbocycles. The number of hydrogen-bond donors (Lipinski definition) is 2. The van der Waals surface area contributed by atoms with Crippen LogP contribution in [0, 0.1) is 5.41 Å². The molecule has 2 N–H and O–H groups in total. The van der Waals surface area contributed by atoms with E-state index < -0.39 is 16.1 Å². The van der Waals surface area contributed by atoms with Crippen molar-refractivity contribution >= 4 is 11.4 Å². The van der Waals surface area contributed by atoms with Crippen LogP contribution in [0.5, 0.6) is 0 Å². The van der Waals surface area contributed by atoms with E-state index in [0.717, 1.165) is 38.2 Å². The molecule has 1 unspecified atom stereocenters. The van der Waals surface area contributed by atoms with Crippen LogP contribution in [0.2, 0.25) is 1.41 Å². The maximum atomic E-state index is 12.7. The first-order chi connectivity index (χ1) is 9.85. The lowest BCUT2D eigenvalue weighted by Crippen LogP contribution is -2.49. The molecular weight excluding hydrogens is 272 g/mol. The van der Waals surface area contributed by atoms with Gasteiger partial charge in [-0.1, -0.05) is 0 Å². The minimum atomic E-state index is -1.35. The van der Waals surface area contributed by atoms with Gasteiger partial charge >= 0.3 is 0 Å². The van der Waals surface area contributed by atoms with Gasteiger partial charge in [-0.2, -0.15) is 5.10 Å². The Kier molecular flexibility index (Phi) is 3.29. The maximum Gasteiger partial charge on any atom is 0.182 e. The summed E-state index contributed by atoms with van der Waals surface area (Å²) in [5.41, 5.74) is 1.02. The van der Waals surface area contributed by atoms with Gasteiger partial charge in [0, 0.05) is 29.5 Å². The molecule has 112 valence electrons. The van der Waals surface area contributed by atoms with E-state index in [4.69, 9.17) is 1.41 Å². The van der Waals surface area contributed by atoms with Crippen molar-refractivity contribution < 1.29 is 5.96 Å². The highest BCUT2D eigenvalue weighted by atomic mass is 32.2. The molecule has 5 nitrogen and oxygen atoms in total. The van der Waals surface area contributed by atoms with Gasteiger partial charge < -0.3 is 9.87 Å². The SMILES string of the molecule is [2H]N([C@@H]1c2ccnn2CC12CCNCC2)[S+]([O-])C(C)(C)C. The lowest BCUT2D eigenvalue weighted by Gasteiger charge is -2.39. The molecule has 0 bridgehead atoms. The zero-order valence-electron chi connectivity index (χ0n) is 13.4. The molecule has 3 rings (SSSR count). The number of nitrogens with one attached hydrogen (secondary N) is 2. The van der Waals surface area contributed by atoms with Gasteiger partial charge in [0.15, 0.2) is 1.41 Å². The van der Waals surface area contributed by atoms with Gasteiger partial charge in [0.2, 0.25) is 0 Å². The van der Waals surface area contributed by atoms with Gasteiger partial charge in [-0.15, -0.1) is 4.72 Å². The smallest absolute Gasteiger partial charge is 0.182 e.